The SMILES string of the molecule is COc1cccc(C(=O)C2CCC(F)(F)CC2)c1. The fraction of sp³-hybridized carbons (Fsp3) is 0.500. The van der Waals surface area contributed by atoms with Crippen LogP contribution in [0.15, 0.2) is 24.3 Å². The van der Waals surface area contributed by atoms with Crippen LogP contribution < -0.4 is 4.74 Å². The zero-order chi connectivity index (χ0) is 13.2. The molecule has 2 rings (SSSR count). The standard InChI is InChI=1S/C14H16F2O2/c1-18-12-4-2-3-11(9-12)13(17)10-5-7-14(15,16)8-6-10/h2-4,9-10H,5-8H2,1H3. The van der Waals surface area contributed by atoms with Crippen molar-refractivity contribution in [3.63, 3.8) is 0 Å². The highest BCUT2D eigenvalue weighted by atomic mass is 19.3. The molecular formula is C14H16F2O2. The van der Waals surface area contributed by atoms with Crippen LogP contribution in [-0.2, 0) is 0 Å². The summed E-state index contributed by atoms with van der Waals surface area (Å²) in [5, 5.41) is 0. The third-order valence-corrected chi connectivity index (χ3v) is 3.44. The molecule has 0 bridgehead atoms. The number of halogens is 2. The third-order valence-electron chi connectivity index (χ3n) is 3.44. The first-order valence-electron chi connectivity index (χ1n) is 6.08. The van der Waals surface area contributed by atoms with E-state index in [1.54, 1.807) is 24.3 Å². The van der Waals surface area contributed by atoms with Crippen molar-refractivity contribution in [2.45, 2.75) is 31.6 Å². The first-order chi connectivity index (χ1) is 8.52. The summed E-state index contributed by atoms with van der Waals surface area (Å²) >= 11 is 0. The molecule has 1 aliphatic rings. The molecule has 1 fully saturated rings. The number of Topliss-reactive ketones (excluding diaryl/α,β-unsaturated/α-hetero) is 1. The number of hydrogen-bond acceptors (Lipinski definition) is 2. The van der Waals surface area contributed by atoms with Crippen LogP contribution in [0, 0.1) is 5.92 Å². The lowest BCUT2D eigenvalue weighted by molar-refractivity contribution is -0.0424. The van der Waals surface area contributed by atoms with Gasteiger partial charge in [0.25, 0.3) is 0 Å². The Balaban J connectivity index is 2.07. The van der Waals surface area contributed by atoms with Crippen molar-refractivity contribution >= 4 is 5.78 Å². The Morgan fingerprint density at radius 1 is 1.33 bits per heavy atom. The predicted molar refractivity (Wildman–Crippen MR) is 64.2 cm³/mol. The number of carbonyl (C=O) groups is 1. The van der Waals surface area contributed by atoms with Crippen molar-refractivity contribution in [1.82, 2.24) is 0 Å². The van der Waals surface area contributed by atoms with Crippen LogP contribution in [0.4, 0.5) is 8.78 Å². The van der Waals surface area contributed by atoms with Crippen molar-refractivity contribution in [2.24, 2.45) is 5.92 Å². The lowest BCUT2D eigenvalue weighted by Crippen LogP contribution is -2.28. The molecule has 1 aromatic carbocycles. The number of methoxy groups -OCH3 is 1. The fourth-order valence-electron chi connectivity index (χ4n) is 2.31. The second-order valence-corrected chi connectivity index (χ2v) is 4.73. The van der Waals surface area contributed by atoms with Crippen LogP contribution in [0.1, 0.15) is 36.0 Å². The van der Waals surface area contributed by atoms with E-state index in [-0.39, 0.29) is 37.4 Å². The van der Waals surface area contributed by atoms with E-state index in [4.69, 9.17) is 4.74 Å². The molecule has 0 saturated heterocycles. The minimum absolute atomic E-state index is 0.0515. The molecule has 2 nitrogen and oxygen atoms in total. The molecule has 0 aromatic heterocycles. The largest absolute Gasteiger partial charge is 0.497 e. The van der Waals surface area contributed by atoms with E-state index in [0.717, 1.165) is 0 Å². The lowest BCUT2D eigenvalue weighted by Gasteiger charge is -2.27. The van der Waals surface area contributed by atoms with Gasteiger partial charge in [0, 0.05) is 24.3 Å². The van der Waals surface area contributed by atoms with Crippen molar-refractivity contribution in [2.75, 3.05) is 7.11 Å². The monoisotopic (exact) mass is 254 g/mol. The summed E-state index contributed by atoms with van der Waals surface area (Å²) in [4.78, 5) is 12.2. The molecule has 4 heteroatoms. The highest BCUT2D eigenvalue weighted by Crippen LogP contribution is 2.37. The van der Waals surface area contributed by atoms with Gasteiger partial charge >= 0.3 is 0 Å². The van der Waals surface area contributed by atoms with E-state index in [9.17, 15) is 13.6 Å². The minimum atomic E-state index is -2.59. The van der Waals surface area contributed by atoms with Crippen molar-refractivity contribution in [3.05, 3.63) is 29.8 Å². The van der Waals surface area contributed by atoms with Gasteiger partial charge in [-0.05, 0) is 25.0 Å². The molecule has 0 heterocycles. The number of carbonyl (C=O) groups excluding carboxylic acids is 1. The molecule has 98 valence electrons. The van der Waals surface area contributed by atoms with Crippen LogP contribution in [0.25, 0.3) is 0 Å². The molecule has 0 N–H and O–H groups in total. The maximum Gasteiger partial charge on any atom is 0.248 e. The van der Waals surface area contributed by atoms with Crippen LogP contribution in [0.2, 0.25) is 0 Å². The van der Waals surface area contributed by atoms with Gasteiger partial charge in [-0.15, -0.1) is 0 Å². The van der Waals surface area contributed by atoms with E-state index >= 15 is 0 Å². The Morgan fingerprint density at radius 2 is 2.00 bits per heavy atom. The van der Waals surface area contributed by atoms with Crippen molar-refractivity contribution < 1.29 is 18.3 Å². The average molecular weight is 254 g/mol. The summed E-state index contributed by atoms with van der Waals surface area (Å²) in [7, 11) is 1.53. The van der Waals surface area contributed by atoms with Gasteiger partial charge in [-0.2, -0.15) is 0 Å². The number of alkyl halides is 2. The fourth-order valence-corrected chi connectivity index (χ4v) is 2.31. The minimum Gasteiger partial charge on any atom is -0.497 e. The predicted octanol–water partition coefficient (Wildman–Crippen LogP) is 3.70. The van der Waals surface area contributed by atoms with Gasteiger partial charge in [-0.3, -0.25) is 4.79 Å². The zero-order valence-electron chi connectivity index (χ0n) is 10.3. The molecule has 0 amide bonds. The number of hydrogen-bond donors (Lipinski definition) is 0. The Labute approximate surface area is 105 Å². The normalized spacial score (nSPS) is 19.5. The first kappa shape index (κ1) is 13.0. The highest BCUT2D eigenvalue weighted by Gasteiger charge is 2.37. The molecule has 0 atom stereocenters. The second-order valence-electron chi connectivity index (χ2n) is 4.73. The van der Waals surface area contributed by atoms with Crippen LogP contribution in [0.3, 0.4) is 0 Å². The van der Waals surface area contributed by atoms with E-state index in [2.05, 4.69) is 0 Å². The topological polar surface area (TPSA) is 26.3 Å². The molecule has 1 aromatic rings. The molecular weight excluding hydrogens is 238 g/mol. The molecule has 0 radical (unpaired) electrons. The smallest absolute Gasteiger partial charge is 0.248 e. The molecule has 0 unspecified atom stereocenters. The van der Waals surface area contributed by atoms with Crippen molar-refractivity contribution in [1.29, 1.82) is 0 Å². The summed E-state index contributed by atoms with van der Waals surface area (Å²) in [6, 6.07) is 6.86. The number of ether oxygens (including phenoxy) is 1. The van der Waals surface area contributed by atoms with Crippen LogP contribution in [-0.4, -0.2) is 18.8 Å². The van der Waals surface area contributed by atoms with Gasteiger partial charge in [-0.1, -0.05) is 12.1 Å². The summed E-state index contributed by atoms with van der Waals surface area (Å²) < 4.78 is 31.1. The Kier molecular flexibility index (Phi) is 3.64. The average Bonchev–Trinajstić information content (AvgIpc) is 2.38. The summed E-state index contributed by atoms with van der Waals surface area (Å²) in [6.45, 7) is 0. The van der Waals surface area contributed by atoms with Crippen LogP contribution >= 0.6 is 0 Å². The zero-order valence-corrected chi connectivity index (χ0v) is 10.3. The van der Waals surface area contributed by atoms with E-state index in [0.29, 0.717) is 11.3 Å². The summed E-state index contributed by atoms with van der Waals surface area (Å²) in [6.07, 6.45) is 0.160. The number of benzene rings is 1. The van der Waals surface area contributed by atoms with Crippen LogP contribution in [0.5, 0.6) is 5.75 Å². The molecule has 1 aliphatic carbocycles. The Bertz CT molecular complexity index is 433. The van der Waals surface area contributed by atoms with Crippen molar-refractivity contribution in [3.8, 4) is 5.75 Å². The maximum atomic E-state index is 13.0. The van der Waals surface area contributed by atoms with E-state index in [1.807, 2.05) is 0 Å². The number of rotatable bonds is 3. The molecule has 0 spiro atoms. The van der Waals surface area contributed by atoms with Gasteiger partial charge in [0.2, 0.25) is 5.92 Å². The van der Waals surface area contributed by atoms with Gasteiger partial charge in [0.1, 0.15) is 5.75 Å². The van der Waals surface area contributed by atoms with E-state index < -0.39 is 5.92 Å². The first-order valence-corrected chi connectivity index (χ1v) is 6.08. The Morgan fingerprint density at radius 3 is 2.61 bits per heavy atom. The van der Waals surface area contributed by atoms with Gasteiger partial charge in [0.15, 0.2) is 5.78 Å². The van der Waals surface area contributed by atoms with E-state index in [1.165, 1.54) is 7.11 Å². The Hall–Kier alpha value is -1.45. The quantitative estimate of drug-likeness (QED) is 0.769. The third kappa shape index (κ3) is 2.86. The number of ketones is 1. The molecule has 18 heavy (non-hydrogen) atoms. The molecule has 1 saturated carbocycles. The summed E-state index contributed by atoms with van der Waals surface area (Å²) in [5.41, 5.74) is 0.546. The summed E-state index contributed by atoms with van der Waals surface area (Å²) in [5.74, 6) is -2.31. The van der Waals surface area contributed by atoms with Gasteiger partial charge in [0.05, 0.1) is 7.11 Å². The maximum absolute atomic E-state index is 13.0. The second kappa shape index (κ2) is 5.04. The lowest BCUT2D eigenvalue weighted by atomic mass is 9.82. The van der Waals surface area contributed by atoms with Gasteiger partial charge < -0.3 is 4.74 Å². The molecule has 0 aliphatic heterocycles. The van der Waals surface area contributed by atoms with Gasteiger partial charge in [-0.25, -0.2) is 8.78 Å². The highest BCUT2D eigenvalue weighted by molar-refractivity contribution is 5.98.